The standard InChI is InChI=1S/C22H29N5O4S2/c1-7-14(18(28)24-22-26-25-15(32-22)8-11(2)3)27-10-23-19-16(20(27)29)13(6)17(33-19)21(30)31-9-12(4)5/h10-12,14H,7-9H2,1-6H3,(H,24,26,28). The highest BCUT2D eigenvalue weighted by Crippen LogP contribution is 2.28. The number of rotatable bonds is 9. The summed E-state index contributed by atoms with van der Waals surface area (Å²) in [5.41, 5.74) is 0.157. The average Bonchev–Trinajstić information content (AvgIpc) is 3.32. The highest BCUT2D eigenvalue weighted by molar-refractivity contribution is 7.20. The number of hydrogen-bond acceptors (Lipinski definition) is 9. The van der Waals surface area contributed by atoms with Crippen molar-refractivity contribution in [3.05, 3.63) is 32.1 Å². The minimum Gasteiger partial charge on any atom is -0.461 e. The zero-order valence-corrected chi connectivity index (χ0v) is 21.3. The van der Waals surface area contributed by atoms with E-state index in [1.165, 1.54) is 22.2 Å². The third kappa shape index (κ3) is 5.64. The van der Waals surface area contributed by atoms with Crippen LogP contribution in [0.2, 0.25) is 0 Å². The zero-order chi connectivity index (χ0) is 24.3. The van der Waals surface area contributed by atoms with Gasteiger partial charge in [-0.05, 0) is 30.7 Å². The van der Waals surface area contributed by atoms with E-state index in [-0.39, 0.29) is 17.4 Å². The van der Waals surface area contributed by atoms with Gasteiger partial charge in [-0.25, -0.2) is 9.78 Å². The maximum Gasteiger partial charge on any atom is 0.348 e. The summed E-state index contributed by atoms with van der Waals surface area (Å²) in [6.07, 6.45) is 2.52. The molecule has 11 heteroatoms. The number of ether oxygens (including phenoxy) is 1. The molecule has 3 aromatic heterocycles. The van der Waals surface area contributed by atoms with Gasteiger partial charge in [0.1, 0.15) is 20.8 Å². The Kier molecular flexibility index (Phi) is 7.96. The summed E-state index contributed by atoms with van der Waals surface area (Å²) < 4.78 is 6.64. The Morgan fingerprint density at radius 3 is 2.52 bits per heavy atom. The second kappa shape index (κ2) is 10.5. The molecule has 33 heavy (non-hydrogen) atoms. The number of amides is 1. The van der Waals surface area contributed by atoms with E-state index in [9.17, 15) is 14.4 Å². The topological polar surface area (TPSA) is 116 Å². The summed E-state index contributed by atoms with van der Waals surface area (Å²) in [6.45, 7) is 11.9. The van der Waals surface area contributed by atoms with Crippen LogP contribution < -0.4 is 10.9 Å². The van der Waals surface area contributed by atoms with Crippen molar-refractivity contribution in [2.75, 3.05) is 11.9 Å². The van der Waals surface area contributed by atoms with Crippen LogP contribution in [0.25, 0.3) is 10.2 Å². The van der Waals surface area contributed by atoms with Gasteiger partial charge in [0.25, 0.3) is 5.56 Å². The molecule has 3 heterocycles. The van der Waals surface area contributed by atoms with E-state index in [1.807, 2.05) is 20.8 Å². The monoisotopic (exact) mass is 491 g/mol. The summed E-state index contributed by atoms with van der Waals surface area (Å²) in [5.74, 6) is -0.189. The van der Waals surface area contributed by atoms with E-state index in [4.69, 9.17) is 4.74 Å². The van der Waals surface area contributed by atoms with Crippen LogP contribution in [0.4, 0.5) is 5.13 Å². The molecule has 0 aromatic carbocycles. The molecule has 0 saturated heterocycles. The maximum atomic E-state index is 13.3. The number of anilines is 1. The van der Waals surface area contributed by atoms with Crippen molar-refractivity contribution in [3.63, 3.8) is 0 Å². The van der Waals surface area contributed by atoms with Gasteiger partial charge in [-0.3, -0.25) is 19.5 Å². The van der Waals surface area contributed by atoms with Gasteiger partial charge in [-0.1, -0.05) is 46.0 Å². The van der Waals surface area contributed by atoms with Crippen LogP contribution in [0.15, 0.2) is 11.1 Å². The minimum atomic E-state index is -0.775. The first-order valence-electron chi connectivity index (χ1n) is 10.9. The Hall–Kier alpha value is -2.66. The Balaban J connectivity index is 1.88. The second-order valence-electron chi connectivity index (χ2n) is 8.70. The van der Waals surface area contributed by atoms with Gasteiger partial charge in [-0.15, -0.1) is 21.5 Å². The lowest BCUT2D eigenvalue weighted by atomic mass is 10.1. The van der Waals surface area contributed by atoms with Crippen molar-refractivity contribution in [2.24, 2.45) is 11.8 Å². The molecule has 3 rings (SSSR count). The number of carbonyl (C=O) groups is 2. The largest absolute Gasteiger partial charge is 0.461 e. The van der Waals surface area contributed by atoms with Crippen LogP contribution in [0.1, 0.15) is 67.3 Å². The summed E-state index contributed by atoms with van der Waals surface area (Å²) in [6, 6.07) is -0.775. The quantitative estimate of drug-likeness (QED) is 0.446. The first-order valence-corrected chi connectivity index (χ1v) is 12.6. The van der Waals surface area contributed by atoms with Gasteiger partial charge in [0.05, 0.1) is 18.3 Å². The number of hydrogen-bond donors (Lipinski definition) is 1. The maximum absolute atomic E-state index is 13.3. The van der Waals surface area contributed by atoms with E-state index in [0.717, 1.165) is 22.8 Å². The van der Waals surface area contributed by atoms with Gasteiger partial charge in [-0.2, -0.15) is 0 Å². The van der Waals surface area contributed by atoms with Gasteiger partial charge >= 0.3 is 5.97 Å². The third-order valence-corrected chi connectivity index (χ3v) is 6.95. The summed E-state index contributed by atoms with van der Waals surface area (Å²) in [4.78, 5) is 43.9. The Morgan fingerprint density at radius 2 is 1.88 bits per heavy atom. The molecule has 9 nitrogen and oxygen atoms in total. The molecule has 0 aliphatic heterocycles. The number of thiophene rings is 1. The lowest BCUT2D eigenvalue weighted by Crippen LogP contribution is -2.33. The van der Waals surface area contributed by atoms with E-state index >= 15 is 0 Å². The smallest absolute Gasteiger partial charge is 0.348 e. The predicted octanol–water partition coefficient (Wildman–Crippen LogP) is 4.22. The van der Waals surface area contributed by atoms with Gasteiger partial charge < -0.3 is 4.74 Å². The van der Waals surface area contributed by atoms with E-state index in [0.29, 0.717) is 44.7 Å². The molecule has 1 amide bonds. The molecule has 1 atom stereocenters. The lowest BCUT2D eigenvalue weighted by Gasteiger charge is -2.16. The predicted molar refractivity (Wildman–Crippen MR) is 130 cm³/mol. The van der Waals surface area contributed by atoms with Gasteiger partial charge in [0, 0.05) is 6.42 Å². The molecule has 0 bridgehead atoms. The molecule has 0 aliphatic rings. The molecule has 0 radical (unpaired) electrons. The van der Waals surface area contributed by atoms with Crippen LogP contribution >= 0.6 is 22.7 Å². The van der Waals surface area contributed by atoms with Crippen molar-refractivity contribution < 1.29 is 14.3 Å². The van der Waals surface area contributed by atoms with Crippen LogP contribution in [-0.2, 0) is 16.0 Å². The van der Waals surface area contributed by atoms with Crippen molar-refractivity contribution in [1.82, 2.24) is 19.7 Å². The van der Waals surface area contributed by atoms with Gasteiger partial charge in [0.2, 0.25) is 11.0 Å². The van der Waals surface area contributed by atoms with Crippen LogP contribution in [-0.4, -0.2) is 38.2 Å². The fourth-order valence-corrected chi connectivity index (χ4v) is 5.28. The molecule has 0 spiro atoms. The molecule has 1 N–H and O–H groups in total. The highest BCUT2D eigenvalue weighted by Gasteiger charge is 2.26. The minimum absolute atomic E-state index is 0.206. The molecule has 3 aromatic rings. The molecule has 0 saturated carbocycles. The Labute approximate surface area is 200 Å². The third-order valence-electron chi connectivity index (χ3n) is 4.91. The van der Waals surface area contributed by atoms with Crippen molar-refractivity contribution in [1.29, 1.82) is 0 Å². The van der Waals surface area contributed by atoms with E-state index < -0.39 is 12.0 Å². The van der Waals surface area contributed by atoms with Crippen LogP contribution in [0.3, 0.4) is 0 Å². The van der Waals surface area contributed by atoms with Gasteiger partial charge in [0.15, 0.2) is 0 Å². The highest BCUT2D eigenvalue weighted by atomic mass is 32.1. The Morgan fingerprint density at radius 1 is 1.15 bits per heavy atom. The SMILES string of the molecule is CCC(C(=O)Nc1nnc(CC(C)C)s1)n1cnc2sc(C(=O)OCC(C)C)c(C)c2c1=O. The molecule has 0 aliphatic carbocycles. The number of aromatic nitrogens is 4. The molecule has 1 unspecified atom stereocenters. The number of nitrogens with zero attached hydrogens (tertiary/aromatic N) is 4. The van der Waals surface area contributed by atoms with Crippen LogP contribution in [0.5, 0.6) is 0 Å². The number of aryl methyl sites for hydroxylation is 1. The molecular formula is C22H29N5O4S2. The zero-order valence-electron chi connectivity index (χ0n) is 19.7. The van der Waals surface area contributed by atoms with E-state index in [2.05, 4.69) is 34.3 Å². The second-order valence-corrected chi connectivity index (χ2v) is 10.8. The van der Waals surface area contributed by atoms with Crippen molar-refractivity contribution in [3.8, 4) is 0 Å². The lowest BCUT2D eigenvalue weighted by molar-refractivity contribution is -0.119. The van der Waals surface area contributed by atoms with Crippen molar-refractivity contribution >= 4 is 49.9 Å². The first-order chi connectivity index (χ1) is 15.6. The number of fused-ring (bicyclic) bond motifs is 1. The van der Waals surface area contributed by atoms with Crippen molar-refractivity contribution in [2.45, 2.75) is 60.4 Å². The summed E-state index contributed by atoms with van der Waals surface area (Å²) in [5, 5.41) is 12.5. The summed E-state index contributed by atoms with van der Waals surface area (Å²) in [7, 11) is 0. The molecule has 178 valence electrons. The number of carbonyl (C=O) groups excluding carboxylic acids is 2. The fourth-order valence-electron chi connectivity index (χ4n) is 3.29. The molecule has 0 fully saturated rings. The van der Waals surface area contributed by atoms with E-state index in [1.54, 1.807) is 6.92 Å². The average molecular weight is 492 g/mol. The normalized spacial score (nSPS) is 12.5. The number of esters is 1. The van der Waals surface area contributed by atoms with Crippen LogP contribution in [0, 0.1) is 18.8 Å². The number of nitrogens with one attached hydrogen (secondary N) is 1. The first kappa shape index (κ1) is 25.0. The fraction of sp³-hybridized carbons (Fsp3) is 0.545. The summed E-state index contributed by atoms with van der Waals surface area (Å²) >= 11 is 2.46. The Bertz CT molecular complexity index is 1210. The molecular weight excluding hydrogens is 462 g/mol.